The Kier molecular flexibility index (Phi) is 8.47. The van der Waals surface area contributed by atoms with Gasteiger partial charge in [-0.3, -0.25) is 0 Å². The van der Waals surface area contributed by atoms with Crippen molar-refractivity contribution in [2.24, 2.45) is 0 Å². The summed E-state index contributed by atoms with van der Waals surface area (Å²) in [5, 5.41) is 0. The number of amides is 1. The first-order valence-corrected chi connectivity index (χ1v) is 13.4. The van der Waals surface area contributed by atoms with Gasteiger partial charge in [-0.1, -0.05) is 18.2 Å². The summed E-state index contributed by atoms with van der Waals surface area (Å²) in [5.74, 6) is 0. The lowest BCUT2D eigenvalue weighted by molar-refractivity contribution is -0.00947. The van der Waals surface area contributed by atoms with Crippen molar-refractivity contribution in [3.8, 4) is 0 Å². The van der Waals surface area contributed by atoms with Gasteiger partial charge in [0.25, 0.3) is 0 Å². The van der Waals surface area contributed by atoms with E-state index in [1.165, 1.54) is 29.2 Å². The molecule has 1 fully saturated rings. The van der Waals surface area contributed by atoms with E-state index in [1.54, 1.807) is 47.6 Å². The highest BCUT2D eigenvalue weighted by atomic mass is 32.2. The normalized spacial score (nSPS) is 20.1. The molecule has 0 aliphatic carbocycles. The summed E-state index contributed by atoms with van der Waals surface area (Å²) in [5.41, 5.74) is -5.78. The topological polar surface area (TPSA) is 98.8 Å². The maximum absolute atomic E-state index is 16.2. The number of alkyl halides is 2. The van der Waals surface area contributed by atoms with Crippen molar-refractivity contribution in [1.82, 2.24) is 9.62 Å². The summed E-state index contributed by atoms with van der Waals surface area (Å²) < 4.78 is 77.3. The van der Waals surface area contributed by atoms with Crippen LogP contribution in [-0.4, -0.2) is 64.6 Å². The van der Waals surface area contributed by atoms with Gasteiger partial charge in [-0.05, 0) is 53.7 Å². The molecule has 188 valence electrons. The zero-order valence-corrected chi connectivity index (χ0v) is 21.6. The molecule has 1 aliphatic rings. The van der Waals surface area contributed by atoms with E-state index < -0.39 is 54.9 Å². The molecule has 0 radical (unpaired) electrons. The number of carbonyl (C=O) groups is 1. The second-order valence-electron chi connectivity index (χ2n) is 10.2. The van der Waals surface area contributed by atoms with Crippen molar-refractivity contribution < 1.29 is 31.3 Å². The maximum Gasteiger partial charge on any atom is 0.410 e. The van der Waals surface area contributed by atoms with Crippen molar-refractivity contribution in [3.63, 3.8) is 0 Å². The smallest absolute Gasteiger partial charge is 0.410 e. The van der Waals surface area contributed by atoms with Crippen LogP contribution in [0.4, 0.5) is 13.6 Å². The van der Waals surface area contributed by atoms with E-state index in [-0.39, 0.29) is 30.8 Å². The minimum atomic E-state index is -4.58. The number of sulfone groups is 1. The third-order valence-corrected chi connectivity index (χ3v) is 8.60. The fourth-order valence-corrected chi connectivity index (χ4v) is 5.77. The molecule has 1 N–H and O–H groups in total. The molecule has 3 atom stereocenters. The third kappa shape index (κ3) is 7.03. The minimum Gasteiger partial charge on any atom is -0.598 e. The zero-order valence-electron chi connectivity index (χ0n) is 19.9. The van der Waals surface area contributed by atoms with E-state index in [2.05, 4.69) is 4.72 Å². The second kappa shape index (κ2) is 10.1. The molecular weight excluding hydrogens is 474 g/mol. The van der Waals surface area contributed by atoms with Crippen LogP contribution in [0, 0.1) is 0 Å². The fraction of sp³-hybridized carbons (Fsp3) is 0.682. The molecule has 0 spiro atoms. The lowest BCUT2D eigenvalue weighted by Gasteiger charge is -2.42. The first-order valence-electron chi connectivity index (χ1n) is 10.8. The number of ether oxygens (including phenoxy) is 1. The summed E-state index contributed by atoms with van der Waals surface area (Å²) >= 11 is -1.94. The van der Waals surface area contributed by atoms with Gasteiger partial charge in [0, 0.05) is 37.3 Å². The Morgan fingerprint density at radius 1 is 1.15 bits per heavy atom. The van der Waals surface area contributed by atoms with Crippen molar-refractivity contribution in [1.29, 1.82) is 0 Å². The van der Waals surface area contributed by atoms with Crippen LogP contribution in [-0.2, 0) is 25.9 Å². The molecule has 7 nitrogen and oxygen atoms in total. The van der Waals surface area contributed by atoms with Crippen LogP contribution in [0.3, 0.4) is 0 Å². The van der Waals surface area contributed by atoms with E-state index in [9.17, 15) is 17.8 Å². The van der Waals surface area contributed by atoms with Gasteiger partial charge in [-0.2, -0.15) is 0 Å². The number of nitrogens with zero attached hydrogens (tertiary/aromatic N) is 1. The average Bonchev–Trinajstić information content (AvgIpc) is 2.70. The van der Waals surface area contributed by atoms with Gasteiger partial charge >= 0.3 is 6.09 Å². The Bertz CT molecular complexity index is 909. The number of piperidine rings is 1. The Hall–Kier alpha value is -1.43. The largest absolute Gasteiger partial charge is 0.598 e. The molecular formula is C22H34F2N2O5S2. The quantitative estimate of drug-likeness (QED) is 0.585. The number of hydrogen-bond acceptors (Lipinski definition) is 6. The third-order valence-electron chi connectivity index (χ3n) is 5.22. The summed E-state index contributed by atoms with van der Waals surface area (Å²) in [6, 6.07) is 5.04. The predicted molar refractivity (Wildman–Crippen MR) is 124 cm³/mol. The summed E-state index contributed by atoms with van der Waals surface area (Å²) in [7, 11) is -4.58. The molecule has 1 saturated heterocycles. The lowest BCUT2D eigenvalue weighted by atomic mass is 9.87. The second-order valence-corrected chi connectivity index (χ2v) is 14.2. The van der Waals surface area contributed by atoms with Gasteiger partial charge in [0.05, 0.1) is 4.90 Å². The summed E-state index contributed by atoms with van der Waals surface area (Å²) in [6.45, 7) is 9.77. The Morgan fingerprint density at radius 2 is 1.67 bits per heavy atom. The van der Waals surface area contributed by atoms with Gasteiger partial charge in [-0.25, -0.2) is 22.0 Å². The van der Waals surface area contributed by atoms with Gasteiger partial charge < -0.3 is 14.2 Å². The van der Waals surface area contributed by atoms with Crippen molar-refractivity contribution in [3.05, 3.63) is 30.3 Å². The Balaban J connectivity index is 2.32. The van der Waals surface area contributed by atoms with Gasteiger partial charge in [0.15, 0.2) is 0 Å². The fourth-order valence-electron chi connectivity index (χ4n) is 3.30. The first-order chi connectivity index (χ1) is 15.0. The van der Waals surface area contributed by atoms with Gasteiger partial charge in [0.2, 0.25) is 15.3 Å². The minimum absolute atomic E-state index is 0.0934. The highest BCUT2D eigenvalue weighted by molar-refractivity contribution is 7.92. The monoisotopic (exact) mass is 508 g/mol. The van der Waals surface area contributed by atoms with E-state index in [1.807, 2.05) is 0 Å². The molecule has 11 heteroatoms. The predicted octanol–water partition coefficient (Wildman–Crippen LogP) is 3.92. The number of nitrogens with one attached hydrogen (secondary N) is 1. The zero-order chi connectivity index (χ0) is 25.2. The molecule has 1 aromatic carbocycles. The number of benzene rings is 1. The SMILES string of the molecule is CC(C)(C)OC(=O)N1CCC(F)([C@@H](N[S+]([O-])C(C)(C)C)C(F)S(=O)(=O)c2ccccc2)CC1. The van der Waals surface area contributed by atoms with E-state index in [4.69, 9.17) is 4.74 Å². The molecule has 2 unspecified atom stereocenters. The van der Waals surface area contributed by atoms with Crippen LogP contribution in [0.25, 0.3) is 0 Å². The molecule has 0 bridgehead atoms. The van der Waals surface area contributed by atoms with Crippen LogP contribution in [0.5, 0.6) is 0 Å². The Labute approximate surface area is 198 Å². The molecule has 2 rings (SSSR count). The molecule has 0 saturated carbocycles. The number of likely N-dealkylation sites (tertiary alicyclic amines) is 1. The van der Waals surface area contributed by atoms with E-state index >= 15 is 8.78 Å². The van der Waals surface area contributed by atoms with E-state index in [0.717, 1.165) is 0 Å². The highest BCUT2D eigenvalue weighted by Crippen LogP contribution is 2.37. The summed E-state index contributed by atoms with van der Waals surface area (Å²) in [6.07, 6.45) is -1.30. The molecule has 1 aliphatic heterocycles. The molecule has 0 aromatic heterocycles. The molecule has 1 amide bonds. The average molecular weight is 509 g/mol. The number of hydrogen-bond donors (Lipinski definition) is 1. The van der Waals surface area contributed by atoms with Crippen molar-refractivity contribution >= 4 is 27.3 Å². The lowest BCUT2D eigenvalue weighted by Crippen LogP contribution is -2.62. The maximum atomic E-state index is 16.2. The Morgan fingerprint density at radius 3 is 2.12 bits per heavy atom. The highest BCUT2D eigenvalue weighted by Gasteiger charge is 2.54. The summed E-state index contributed by atoms with van der Waals surface area (Å²) in [4.78, 5) is 13.3. The van der Waals surface area contributed by atoms with E-state index in [0.29, 0.717) is 0 Å². The number of rotatable bonds is 6. The van der Waals surface area contributed by atoms with Crippen molar-refractivity contribution in [2.45, 2.75) is 86.8 Å². The van der Waals surface area contributed by atoms with Crippen LogP contribution in [0.1, 0.15) is 54.4 Å². The van der Waals surface area contributed by atoms with Crippen molar-refractivity contribution in [2.75, 3.05) is 13.1 Å². The molecule has 33 heavy (non-hydrogen) atoms. The number of halogens is 2. The number of carbonyl (C=O) groups excluding carboxylic acids is 1. The van der Waals surface area contributed by atoms with Crippen LogP contribution in [0.15, 0.2) is 35.2 Å². The first kappa shape index (κ1) is 27.8. The van der Waals surface area contributed by atoms with Crippen LogP contribution < -0.4 is 4.72 Å². The molecule has 1 aromatic rings. The van der Waals surface area contributed by atoms with Gasteiger partial charge in [0.1, 0.15) is 22.1 Å². The van der Waals surface area contributed by atoms with Crippen LogP contribution >= 0.6 is 0 Å². The molecule has 1 heterocycles. The van der Waals surface area contributed by atoms with Gasteiger partial charge in [-0.15, -0.1) is 4.72 Å². The standard InChI is InChI=1S/C22H34F2N2O5S2/c1-20(2,3)31-19(27)26-14-12-22(24,13-15-26)17(25-32(28)21(4,5)6)18(23)33(29,30)16-10-8-7-9-11-16/h7-11,17-18,25H,12-15H2,1-6H3/t17-,18?,32?/m0/s1. The van der Waals surface area contributed by atoms with Crippen LogP contribution in [0.2, 0.25) is 0 Å².